The van der Waals surface area contributed by atoms with E-state index in [-0.39, 0.29) is 31.6 Å². The van der Waals surface area contributed by atoms with Gasteiger partial charge >= 0.3 is 12.2 Å². The van der Waals surface area contributed by atoms with Crippen molar-refractivity contribution in [3.63, 3.8) is 0 Å². The van der Waals surface area contributed by atoms with Crippen molar-refractivity contribution in [3.05, 3.63) is 35.1 Å². The molecule has 0 spiro atoms. The number of rotatable bonds is 3. The van der Waals surface area contributed by atoms with Crippen LogP contribution in [0.5, 0.6) is 0 Å². The maximum atomic E-state index is 13.2. The number of nitrogens with zero attached hydrogens (tertiary/aromatic N) is 1. The van der Waals surface area contributed by atoms with Crippen LogP contribution in [0.2, 0.25) is 0 Å². The van der Waals surface area contributed by atoms with Gasteiger partial charge in [0.2, 0.25) is 0 Å². The number of likely N-dealkylation sites (tertiary alicyclic amines) is 1. The summed E-state index contributed by atoms with van der Waals surface area (Å²) < 4.78 is 51.2. The summed E-state index contributed by atoms with van der Waals surface area (Å²) in [6, 6.07) is 2.52. The lowest BCUT2D eigenvalue weighted by atomic mass is 9.90. The van der Waals surface area contributed by atoms with Gasteiger partial charge in [-0.15, -0.1) is 0 Å². The van der Waals surface area contributed by atoms with Crippen LogP contribution in [0.1, 0.15) is 24.0 Å². The molecule has 0 saturated carbocycles. The Bertz CT molecular complexity index is 554. The minimum Gasteiger partial charge on any atom is -0.392 e. The lowest BCUT2D eigenvalue weighted by Gasteiger charge is -2.39. The van der Waals surface area contributed by atoms with Crippen molar-refractivity contribution in [2.75, 3.05) is 19.6 Å². The van der Waals surface area contributed by atoms with Crippen LogP contribution in [0.15, 0.2) is 18.2 Å². The second-order valence-corrected chi connectivity index (χ2v) is 5.37. The van der Waals surface area contributed by atoms with E-state index in [1.165, 1.54) is 17.9 Å². The molecule has 2 rings (SSSR count). The number of urea groups is 1. The maximum Gasteiger partial charge on any atom is 0.419 e. The minimum atomic E-state index is -4.74. The Balaban J connectivity index is 1.98. The molecule has 1 saturated heterocycles. The molecule has 0 radical (unpaired) electrons. The van der Waals surface area contributed by atoms with Gasteiger partial charge < -0.3 is 15.3 Å². The molecule has 8 heteroatoms. The van der Waals surface area contributed by atoms with Crippen LogP contribution in [-0.2, 0) is 6.18 Å². The van der Waals surface area contributed by atoms with E-state index < -0.39 is 23.7 Å². The Morgan fingerprint density at radius 3 is 2.64 bits per heavy atom. The van der Waals surface area contributed by atoms with Crippen molar-refractivity contribution in [1.29, 1.82) is 0 Å². The van der Waals surface area contributed by atoms with Gasteiger partial charge in [0.25, 0.3) is 0 Å². The molecule has 0 aliphatic carbocycles. The molecule has 2 N–H and O–H groups in total. The lowest BCUT2D eigenvalue weighted by Crippen LogP contribution is -2.53. The number of hydrogen-bond donors (Lipinski definition) is 2. The van der Waals surface area contributed by atoms with Gasteiger partial charge in [-0.1, -0.05) is 6.07 Å². The van der Waals surface area contributed by atoms with Crippen molar-refractivity contribution in [2.45, 2.75) is 25.1 Å². The molecule has 1 aliphatic rings. The average Bonchev–Trinajstić information content (AvgIpc) is 2.35. The zero-order valence-electron chi connectivity index (χ0n) is 11.8. The Morgan fingerprint density at radius 1 is 1.45 bits per heavy atom. The van der Waals surface area contributed by atoms with E-state index >= 15 is 0 Å². The fraction of sp³-hybridized carbons (Fsp3) is 0.500. The largest absolute Gasteiger partial charge is 0.419 e. The highest BCUT2D eigenvalue weighted by Gasteiger charge is 2.37. The molecule has 1 heterocycles. The summed E-state index contributed by atoms with van der Waals surface area (Å²) >= 11 is 0. The first-order valence-electron chi connectivity index (χ1n) is 6.76. The SMILES string of the molecule is CC(O)CNC(=O)N1CC(c2ccc(F)c(C(F)(F)F)c2)C1. The normalized spacial score (nSPS) is 17.1. The molecule has 1 aromatic carbocycles. The summed E-state index contributed by atoms with van der Waals surface area (Å²) in [6.07, 6.45) is -5.41. The summed E-state index contributed by atoms with van der Waals surface area (Å²) in [6.45, 7) is 2.15. The van der Waals surface area contributed by atoms with Crippen molar-refractivity contribution < 1.29 is 27.5 Å². The maximum absolute atomic E-state index is 13.2. The first-order chi connectivity index (χ1) is 10.2. The molecule has 122 valence electrons. The predicted octanol–water partition coefficient (Wildman–Crippen LogP) is 2.33. The van der Waals surface area contributed by atoms with Gasteiger partial charge in [-0.05, 0) is 24.6 Å². The highest BCUT2D eigenvalue weighted by Crippen LogP contribution is 2.35. The van der Waals surface area contributed by atoms with E-state index in [1.807, 2.05) is 0 Å². The van der Waals surface area contributed by atoms with Crippen molar-refractivity contribution in [1.82, 2.24) is 10.2 Å². The van der Waals surface area contributed by atoms with E-state index in [9.17, 15) is 22.4 Å². The molecule has 1 atom stereocenters. The Morgan fingerprint density at radius 2 is 2.09 bits per heavy atom. The Kier molecular flexibility index (Phi) is 4.60. The number of aliphatic hydroxyl groups is 1. The number of amides is 2. The van der Waals surface area contributed by atoms with Crippen molar-refractivity contribution in [3.8, 4) is 0 Å². The average molecular weight is 320 g/mol. The third kappa shape index (κ3) is 3.68. The van der Waals surface area contributed by atoms with Gasteiger partial charge in [0, 0.05) is 25.6 Å². The van der Waals surface area contributed by atoms with Gasteiger partial charge in [0.1, 0.15) is 5.82 Å². The van der Waals surface area contributed by atoms with E-state index in [4.69, 9.17) is 5.11 Å². The predicted molar refractivity (Wildman–Crippen MR) is 70.8 cm³/mol. The van der Waals surface area contributed by atoms with Crippen molar-refractivity contribution in [2.24, 2.45) is 0 Å². The third-order valence-electron chi connectivity index (χ3n) is 3.48. The number of alkyl halides is 3. The summed E-state index contributed by atoms with van der Waals surface area (Å²) in [5, 5.41) is 11.6. The molecule has 1 aromatic rings. The van der Waals surface area contributed by atoms with Crippen LogP contribution in [0, 0.1) is 5.82 Å². The Hall–Kier alpha value is -1.83. The van der Waals surface area contributed by atoms with Crippen LogP contribution >= 0.6 is 0 Å². The monoisotopic (exact) mass is 320 g/mol. The molecule has 1 unspecified atom stereocenters. The van der Waals surface area contributed by atoms with E-state index in [2.05, 4.69) is 5.32 Å². The highest BCUT2D eigenvalue weighted by atomic mass is 19.4. The summed E-state index contributed by atoms with van der Waals surface area (Å²) in [4.78, 5) is 13.1. The molecule has 0 aromatic heterocycles. The third-order valence-corrected chi connectivity index (χ3v) is 3.48. The van der Waals surface area contributed by atoms with Crippen LogP contribution in [0.3, 0.4) is 0 Å². The molecule has 22 heavy (non-hydrogen) atoms. The second-order valence-electron chi connectivity index (χ2n) is 5.37. The molecular weight excluding hydrogens is 304 g/mol. The standard InChI is InChI=1S/C14H16F4N2O2/c1-8(21)5-19-13(22)20-6-10(7-20)9-2-3-12(15)11(4-9)14(16,17)18/h2-4,8,10,21H,5-7H2,1H3,(H,19,22). The van der Waals surface area contributed by atoms with Crippen LogP contribution in [0.4, 0.5) is 22.4 Å². The highest BCUT2D eigenvalue weighted by molar-refractivity contribution is 5.75. The first kappa shape index (κ1) is 16.5. The molecule has 1 aliphatic heterocycles. The number of hydrogen-bond acceptors (Lipinski definition) is 2. The van der Waals surface area contributed by atoms with Gasteiger partial charge in [-0.2, -0.15) is 13.2 Å². The zero-order chi connectivity index (χ0) is 16.5. The summed E-state index contributed by atoms with van der Waals surface area (Å²) in [5.74, 6) is -1.55. The molecule has 1 fully saturated rings. The van der Waals surface area contributed by atoms with E-state index in [1.54, 1.807) is 0 Å². The Labute approximate surface area is 124 Å². The molecular formula is C14H16F4N2O2. The number of benzene rings is 1. The summed E-state index contributed by atoms with van der Waals surface area (Å²) in [7, 11) is 0. The fourth-order valence-electron chi connectivity index (χ4n) is 2.22. The molecule has 2 amide bonds. The number of halogens is 4. The second kappa shape index (κ2) is 6.12. The van der Waals surface area contributed by atoms with E-state index in [0.717, 1.165) is 12.1 Å². The first-order valence-corrected chi connectivity index (χ1v) is 6.76. The molecule has 4 nitrogen and oxygen atoms in total. The number of carbonyl (C=O) groups is 1. The number of aliphatic hydroxyl groups excluding tert-OH is 1. The van der Waals surface area contributed by atoms with Gasteiger partial charge in [0.15, 0.2) is 0 Å². The number of carbonyl (C=O) groups excluding carboxylic acids is 1. The summed E-state index contributed by atoms with van der Waals surface area (Å²) in [5.41, 5.74) is -0.935. The number of nitrogens with one attached hydrogen (secondary N) is 1. The minimum absolute atomic E-state index is 0.106. The van der Waals surface area contributed by atoms with Gasteiger partial charge in [-0.3, -0.25) is 0 Å². The quantitative estimate of drug-likeness (QED) is 0.840. The lowest BCUT2D eigenvalue weighted by molar-refractivity contribution is -0.140. The van der Waals surface area contributed by atoms with Crippen molar-refractivity contribution >= 4 is 6.03 Å². The van der Waals surface area contributed by atoms with Crippen LogP contribution < -0.4 is 5.32 Å². The van der Waals surface area contributed by atoms with Crippen LogP contribution in [0.25, 0.3) is 0 Å². The van der Waals surface area contributed by atoms with E-state index in [0.29, 0.717) is 5.56 Å². The topological polar surface area (TPSA) is 52.6 Å². The van der Waals surface area contributed by atoms with Gasteiger partial charge in [-0.25, -0.2) is 9.18 Å². The zero-order valence-corrected chi connectivity index (χ0v) is 11.8. The molecule has 0 bridgehead atoms. The smallest absolute Gasteiger partial charge is 0.392 e. The fourth-order valence-corrected chi connectivity index (χ4v) is 2.22. The van der Waals surface area contributed by atoms with Crippen LogP contribution in [-0.4, -0.2) is 41.8 Å². The van der Waals surface area contributed by atoms with Gasteiger partial charge in [0.05, 0.1) is 11.7 Å².